The summed E-state index contributed by atoms with van der Waals surface area (Å²) in [7, 11) is 1.29. The molecular weight excluding hydrogens is 601 g/mol. The lowest BCUT2D eigenvalue weighted by molar-refractivity contribution is -0.117. The van der Waals surface area contributed by atoms with Crippen molar-refractivity contribution in [1.82, 2.24) is 40.7 Å². The number of benzene rings is 2. The minimum absolute atomic E-state index is 0.183. The second-order valence-corrected chi connectivity index (χ2v) is 10.2. The van der Waals surface area contributed by atoms with E-state index in [2.05, 4.69) is 46.1 Å². The van der Waals surface area contributed by atoms with Crippen molar-refractivity contribution in [2.24, 2.45) is 0 Å². The number of nitrogens with zero attached hydrogens (tertiary/aromatic N) is 7. The topological polar surface area (TPSA) is 150 Å². The molecule has 0 aliphatic rings. The quantitative estimate of drug-likeness (QED) is 0.212. The van der Waals surface area contributed by atoms with E-state index in [9.17, 15) is 9.59 Å². The van der Waals surface area contributed by atoms with E-state index < -0.39 is 12.1 Å². The lowest BCUT2D eigenvalue weighted by atomic mass is 10.0. The zero-order chi connectivity index (χ0) is 29.5. The van der Waals surface area contributed by atoms with Crippen LogP contribution < -0.4 is 10.6 Å². The maximum atomic E-state index is 13.2. The molecule has 5 aromatic rings. The Labute approximate surface area is 253 Å². The summed E-state index contributed by atoms with van der Waals surface area (Å²) in [5, 5.41) is 27.8. The van der Waals surface area contributed by atoms with Crippen LogP contribution >= 0.6 is 34.5 Å². The third-order valence-corrected chi connectivity index (χ3v) is 7.11. The number of nitrogens with one attached hydrogen (secondary N) is 2. The van der Waals surface area contributed by atoms with Crippen LogP contribution in [0.4, 0.5) is 10.5 Å². The molecule has 42 heavy (non-hydrogen) atoms. The summed E-state index contributed by atoms with van der Waals surface area (Å²) in [6.45, 7) is 0. The molecule has 0 radical (unpaired) electrons. The Morgan fingerprint density at radius 2 is 1.95 bits per heavy atom. The molecule has 0 spiro atoms. The van der Waals surface area contributed by atoms with Crippen LogP contribution in [-0.2, 0) is 16.0 Å². The minimum atomic E-state index is -0.578. The SMILES string of the molecule is COC(=O)Nc1ccc(-c2cc(C(Cc3cscn3)NC(=O)/C=C/c3cc(Cl)ccc3-n3cnnn3)nnc2Cl)cc1. The monoisotopic (exact) mass is 621 g/mol. The predicted octanol–water partition coefficient (Wildman–Crippen LogP) is 5.17. The van der Waals surface area contributed by atoms with E-state index in [1.165, 1.54) is 35.5 Å². The van der Waals surface area contributed by atoms with Crippen molar-refractivity contribution in [2.45, 2.75) is 12.5 Å². The molecule has 0 aliphatic carbocycles. The van der Waals surface area contributed by atoms with Gasteiger partial charge in [-0.2, -0.15) is 9.78 Å². The molecule has 2 aromatic carbocycles. The van der Waals surface area contributed by atoms with Gasteiger partial charge in [0.2, 0.25) is 5.91 Å². The van der Waals surface area contributed by atoms with Gasteiger partial charge >= 0.3 is 6.09 Å². The first-order valence-electron chi connectivity index (χ1n) is 12.3. The number of halogens is 2. The van der Waals surface area contributed by atoms with Gasteiger partial charge in [0, 0.05) is 39.7 Å². The van der Waals surface area contributed by atoms with Crippen LogP contribution in [0.25, 0.3) is 22.9 Å². The molecule has 2 amide bonds. The molecule has 1 unspecified atom stereocenters. The van der Waals surface area contributed by atoms with E-state index in [1.807, 2.05) is 5.38 Å². The molecular formula is C27H21Cl2N9O3S. The zero-order valence-electron chi connectivity index (χ0n) is 21.8. The first-order chi connectivity index (χ1) is 20.4. The Morgan fingerprint density at radius 1 is 1.12 bits per heavy atom. The number of aromatic nitrogens is 7. The number of anilines is 1. The molecule has 0 aliphatic heterocycles. The third kappa shape index (κ3) is 7.13. The van der Waals surface area contributed by atoms with Gasteiger partial charge in [0.25, 0.3) is 0 Å². The molecule has 2 N–H and O–H groups in total. The van der Waals surface area contributed by atoms with Gasteiger partial charge in [-0.15, -0.1) is 21.5 Å². The summed E-state index contributed by atoms with van der Waals surface area (Å²) in [5.74, 6) is -0.380. The van der Waals surface area contributed by atoms with Gasteiger partial charge in [-0.3, -0.25) is 10.1 Å². The van der Waals surface area contributed by atoms with Gasteiger partial charge in [-0.25, -0.2) is 9.78 Å². The lowest BCUT2D eigenvalue weighted by Gasteiger charge is -2.17. The second-order valence-electron chi connectivity index (χ2n) is 8.70. The Balaban J connectivity index is 1.40. The van der Waals surface area contributed by atoms with E-state index >= 15 is 0 Å². The summed E-state index contributed by atoms with van der Waals surface area (Å²) >= 11 is 14.1. The predicted molar refractivity (Wildman–Crippen MR) is 158 cm³/mol. The van der Waals surface area contributed by atoms with E-state index in [-0.39, 0.29) is 11.1 Å². The van der Waals surface area contributed by atoms with Crippen molar-refractivity contribution in [3.8, 4) is 16.8 Å². The van der Waals surface area contributed by atoms with Crippen molar-refractivity contribution < 1.29 is 14.3 Å². The van der Waals surface area contributed by atoms with E-state index in [1.54, 1.807) is 60.1 Å². The number of thiazole rings is 1. The minimum Gasteiger partial charge on any atom is -0.453 e. The second kappa shape index (κ2) is 13.3. The summed E-state index contributed by atoms with van der Waals surface area (Å²) in [5.41, 5.74) is 6.15. The Bertz CT molecular complexity index is 1710. The fraction of sp³-hybridized carbons (Fsp3) is 0.111. The van der Waals surface area contributed by atoms with Crippen LogP contribution in [-0.4, -0.2) is 54.5 Å². The number of carbonyl (C=O) groups excluding carboxylic acids is 2. The Kier molecular flexibility index (Phi) is 9.12. The zero-order valence-corrected chi connectivity index (χ0v) is 24.1. The van der Waals surface area contributed by atoms with Gasteiger partial charge in [0.05, 0.1) is 35.7 Å². The van der Waals surface area contributed by atoms with Gasteiger partial charge in [-0.1, -0.05) is 35.3 Å². The summed E-state index contributed by atoms with van der Waals surface area (Å²) in [4.78, 5) is 29.0. The highest BCUT2D eigenvalue weighted by Crippen LogP contribution is 2.30. The first-order valence-corrected chi connectivity index (χ1v) is 14.0. The fourth-order valence-corrected chi connectivity index (χ4v) is 4.92. The molecule has 3 aromatic heterocycles. The van der Waals surface area contributed by atoms with E-state index in [4.69, 9.17) is 23.2 Å². The number of tetrazole rings is 1. The lowest BCUT2D eigenvalue weighted by Crippen LogP contribution is -2.29. The summed E-state index contributed by atoms with van der Waals surface area (Å²) < 4.78 is 6.10. The van der Waals surface area contributed by atoms with Crippen LogP contribution in [0.15, 0.2) is 71.8 Å². The maximum absolute atomic E-state index is 13.2. The number of amides is 2. The van der Waals surface area contributed by atoms with Crippen molar-refractivity contribution in [3.05, 3.63) is 99.0 Å². The van der Waals surface area contributed by atoms with Gasteiger partial charge in [-0.05, 0) is 58.5 Å². The Morgan fingerprint density at radius 3 is 2.67 bits per heavy atom. The number of carbonyl (C=O) groups is 2. The number of rotatable bonds is 9. The average Bonchev–Trinajstić information content (AvgIpc) is 3.72. The van der Waals surface area contributed by atoms with Crippen LogP contribution in [0.2, 0.25) is 10.2 Å². The van der Waals surface area contributed by atoms with Crippen LogP contribution in [0.3, 0.4) is 0 Å². The molecule has 12 nitrogen and oxygen atoms in total. The Hall–Kier alpha value is -4.72. The highest BCUT2D eigenvalue weighted by molar-refractivity contribution is 7.07. The summed E-state index contributed by atoms with van der Waals surface area (Å²) in [6, 6.07) is 13.3. The van der Waals surface area contributed by atoms with Crippen LogP contribution in [0, 0.1) is 0 Å². The molecule has 15 heteroatoms. The third-order valence-electron chi connectivity index (χ3n) is 5.97. The van der Waals surface area contributed by atoms with Crippen molar-refractivity contribution in [2.75, 3.05) is 12.4 Å². The smallest absolute Gasteiger partial charge is 0.411 e. The number of ether oxygens (including phenoxy) is 1. The van der Waals surface area contributed by atoms with E-state index in [0.717, 1.165) is 11.3 Å². The highest BCUT2D eigenvalue weighted by Gasteiger charge is 2.20. The van der Waals surface area contributed by atoms with Gasteiger partial charge in [0.15, 0.2) is 5.15 Å². The fourth-order valence-electron chi connectivity index (χ4n) is 3.97. The molecule has 0 saturated carbocycles. The average molecular weight is 622 g/mol. The molecule has 5 rings (SSSR count). The van der Waals surface area contributed by atoms with Crippen LogP contribution in [0.5, 0.6) is 0 Å². The first kappa shape index (κ1) is 28.8. The van der Waals surface area contributed by atoms with Gasteiger partial charge in [0.1, 0.15) is 6.33 Å². The molecule has 0 fully saturated rings. The number of hydrogen-bond donors (Lipinski definition) is 2. The maximum Gasteiger partial charge on any atom is 0.411 e. The molecule has 0 bridgehead atoms. The highest BCUT2D eigenvalue weighted by atomic mass is 35.5. The normalized spacial score (nSPS) is 11.8. The number of methoxy groups -OCH3 is 1. The van der Waals surface area contributed by atoms with Crippen molar-refractivity contribution in [3.63, 3.8) is 0 Å². The molecule has 1 atom stereocenters. The van der Waals surface area contributed by atoms with Crippen molar-refractivity contribution >= 4 is 58.3 Å². The number of hydrogen-bond acceptors (Lipinski definition) is 10. The van der Waals surface area contributed by atoms with Gasteiger partial charge < -0.3 is 10.1 Å². The summed E-state index contributed by atoms with van der Waals surface area (Å²) in [6.07, 6.45) is 4.26. The van der Waals surface area contributed by atoms with E-state index in [0.29, 0.717) is 39.6 Å². The molecule has 212 valence electrons. The van der Waals surface area contributed by atoms with Crippen molar-refractivity contribution in [1.29, 1.82) is 0 Å². The largest absolute Gasteiger partial charge is 0.453 e. The van der Waals surface area contributed by atoms with Crippen LogP contribution in [0.1, 0.15) is 23.0 Å². The standard InChI is InChI=1S/C27H21Cl2N9O3S/c1-41-27(40)32-19-6-2-16(3-7-19)21-12-23(34-35-26(21)29)22(11-20-13-42-15-30-20)33-25(39)9-4-17-10-18(28)5-8-24(17)38-14-31-36-37-38/h2-10,12-15,22H,11H2,1H3,(H,32,40)(H,33,39)/b9-4+. The molecule has 0 saturated heterocycles. The molecule has 3 heterocycles.